The Balaban J connectivity index is 0.00000481. The third-order valence-corrected chi connectivity index (χ3v) is 6.19. The SMILES string of the molecule is CC(OC(=O)[C@@H](N)C(C)C)OC(=O)N1CCC(OC(=O)C(O)(c2ccccc2)c2ccccc2)CC1.Cl. The standard InChI is InChI=1S/C27H34N2O7.ClH/c1-18(2)23(28)24(30)34-19(3)35-26(32)29-16-14-22(15-17-29)36-25(31)27(33,20-10-6-4-7-11-20)21-12-8-5-9-13-21;/h4-13,18-19,22-23,33H,14-17,28H2,1-3H3;1H/t19?,23-;/m0./s1. The molecule has 2 atom stereocenters. The fourth-order valence-electron chi connectivity index (χ4n) is 3.91. The van der Waals surface area contributed by atoms with Crippen molar-refractivity contribution in [3.05, 3.63) is 71.8 Å². The first kappa shape index (κ1) is 30.1. The maximum atomic E-state index is 13.3. The van der Waals surface area contributed by atoms with E-state index in [9.17, 15) is 19.5 Å². The molecule has 1 amide bonds. The number of ether oxygens (including phenoxy) is 3. The average molecular weight is 535 g/mol. The Morgan fingerprint density at radius 2 is 1.41 bits per heavy atom. The van der Waals surface area contributed by atoms with Crippen LogP contribution in [0.2, 0.25) is 0 Å². The fourth-order valence-corrected chi connectivity index (χ4v) is 3.91. The highest BCUT2D eigenvalue weighted by Gasteiger charge is 2.43. The zero-order chi connectivity index (χ0) is 26.3. The van der Waals surface area contributed by atoms with Crippen molar-refractivity contribution in [1.82, 2.24) is 4.90 Å². The number of esters is 2. The summed E-state index contributed by atoms with van der Waals surface area (Å²) in [4.78, 5) is 39.2. The number of piperidine rings is 1. The summed E-state index contributed by atoms with van der Waals surface area (Å²) in [6, 6.07) is 16.5. The Morgan fingerprint density at radius 1 is 0.919 bits per heavy atom. The molecule has 0 radical (unpaired) electrons. The molecule has 37 heavy (non-hydrogen) atoms. The Labute approximate surface area is 223 Å². The molecular formula is C27H35ClN2O7. The van der Waals surface area contributed by atoms with Gasteiger partial charge in [-0.3, -0.25) is 4.79 Å². The highest BCUT2D eigenvalue weighted by Crippen LogP contribution is 2.32. The number of halogens is 1. The van der Waals surface area contributed by atoms with Crippen LogP contribution in [-0.2, 0) is 29.4 Å². The monoisotopic (exact) mass is 534 g/mol. The average Bonchev–Trinajstić information content (AvgIpc) is 2.88. The minimum Gasteiger partial charge on any atom is -0.460 e. The number of rotatable bonds is 8. The van der Waals surface area contributed by atoms with E-state index in [1.54, 1.807) is 74.5 Å². The van der Waals surface area contributed by atoms with Crippen LogP contribution in [0.15, 0.2) is 60.7 Å². The fraction of sp³-hybridized carbons (Fsp3) is 0.444. The van der Waals surface area contributed by atoms with Gasteiger partial charge in [0, 0.05) is 32.9 Å². The molecule has 3 rings (SSSR count). The van der Waals surface area contributed by atoms with E-state index in [1.165, 1.54) is 11.8 Å². The lowest BCUT2D eigenvalue weighted by atomic mass is 9.86. The van der Waals surface area contributed by atoms with Crippen LogP contribution in [0, 0.1) is 5.92 Å². The van der Waals surface area contributed by atoms with Crippen LogP contribution in [-0.4, -0.2) is 59.6 Å². The number of carbonyl (C=O) groups excluding carboxylic acids is 3. The molecule has 1 heterocycles. The maximum absolute atomic E-state index is 13.3. The second kappa shape index (κ2) is 13.4. The van der Waals surface area contributed by atoms with Crippen LogP contribution in [0.5, 0.6) is 0 Å². The molecule has 1 fully saturated rings. The lowest BCUT2D eigenvalue weighted by Crippen LogP contribution is -2.46. The van der Waals surface area contributed by atoms with E-state index in [0.29, 0.717) is 24.0 Å². The first-order valence-electron chi connectivity index (χ1n) is 12.1. The van der Waals surface area contributed by atoms with Gasteiger partial charge >= 0.3 is 18.0 Å². The van der Waals surface area contributed by atoms with Crippen LogP contribution in [0.25, 0.3) is 0 Å². The number of carbonyl (C=O) groups is 3. The summed E-state index contributed by atoms with van der Waals surface area (Å²) >= 11 is 0. The van der Waals surface area contributed by atoms with Crippen LogP contribution in [0.1, 0.15) is 44.7 Å². The summed E-state index contributed by atoms with van der Waals surface area (Å²) in [6.07, 6.45) is -1.47. The summed E-state index contributed by atoms with van der Waals surface area (Å²) in [7, 11) is 0. The summed E-state index contributed by atoms with van der Waals surface area (Å²) in [5, 5.41) is 11.5. The second-order valence-corrected chi connectivity index (χ2v) is 9.19. The molecule has 10 heteroatoms. The van der Waals surface area contributed by atoms with Crippen molar-refractivity contribution in [3.8, 4) is 0 Å². The first-order valence-corrected chi connectivity index (χ1v) is 12.1. The topological polar surface area (TPSA) is 128 Å². The van der Waals surface area contributed by atoms with Gasteiger partial charge in [0.15, 0.2) is 0 Å². The van der Waals surface area contributed by atoms with Crippen molar-refractivity contribution in [2.75, 3.05) is 13.1 Å². The molecule has 0 saturated carbocycles. The predicted molar refractivity (Wildman–Crippen MR) is 139 cm³/mol. The summed E-state index contributed by atoms with van der Waals surface area (Å²) < 4.78 is 16.0. The molecule has 1 aliphatic rings. The first-order chi connectivity index (χ1) is 17.1. The van der Waals surface area contributed by atoms with Crippen molar-refractivity contribution in [2.24, 2.45) is 11.7 Å². The molecule has 0 aliphatic carbocycles. The lowest BCUT2D eigenvalue weighted by Gasteiger charge is -2.34. The van der Waals surface area contributed by atoms with E-state index < -0.39 is 42.1 Å². The third kappa shape index (κ3) is 7.44. The molecule has 9 nitrogen and oxygen atoms in total. The number of amides is 1. The molecule has 2 aromatic carbocycles. The zero-order valence-electron chi connectivity index (χ0n) is 21.2. The van der Waals surface area contributed by atoms with Crippen LogP contribution in [0.4, 0.5) is 4.79 Å². The van der Waals surface area contributed by atoms with Gasteiger partial charge in [-0.05, 0) is 17.0 Å². The quantitative estimate of drug-likeness (QED) is 0.389. The van der Waals surface area contributed by atoms with Crippen LogP contribution >= 0.6 is 12.4 Å². The van der Waals surface area contributed by atoms with E-state index in [1.807, 2.05) is 0 Å². The number of aliphatic hydroxyl groups is 1. The van der Waals surface area contributed by atoms with E-state index in [2.05, 4.69) is 0 Å². The summed E-state index contributed by atoms with van der Waals surface area (Å²) in [5.41, 5.74) is 4.60. The van der Waals surface area contributed by atoms with Crippen LogP contribution < -0.4 is 5.73 Å². The second-order valence-electron chi connectivity index (χ2n) is 9.19. The molecule has 202 valence electrons. The van der Waals surface area contributed by atoms with E-state index >= 15 is 0 Å². The molecular weight excluding hydrogens is 500 g/mol. The number of nitrogens with two attached hydrogens (primary N) is 1. The van der Waals surface area contributed by atoms with E-state index in [-0.39, 0.29) is 31.4 Å². The largest absolute Gasteiger partial charge is 0.460 e. The van der Waals surface area contributed by atoms with Gasteiger partial charge in [-0.25, -0.2) is 9.59 Å². The highest BCUT2D eigenvalue weighted by molar-refractivity contribution is 5.86. The predicted octanol–water partition coefficient (Wildman–Crippen LogP) is 3.36. The number of hydrogen-bond donors (Lipinski definition) is 2. The Hall–Kier alpha value is -3.14. The van der Waals surface area contributed by atoms with Crippen LogP contribution in [0.3, 0.4) is 0 Å². The smallest absolute Gasteiger partial charge is 0.412 e. The lowest BCUT2D eigenvalue weighted by molar-refractivity contribution is -0.170. The van der Waals surface area contributed by atoms with Gasteiger partial charge in [0.2, 0.25) is 11.9 Å². The molecule has 1 aliphatic heterocycles. The minimum absolute atomic E-state index is 0. The van der Waals surface area contributed by atoms with Gasteiger partial charge in [0.25, 0.3) is 0 Å². The summed E-state index contributed by atoms with van der Waals surface area (Å²) in [5.74, 6) is -1.52. The van der Waals surface area contributed by atoms with Gasteiger partial charge in [-0.1, -0.05) is 74.5 Å². The number of benzene rings is 2. The molecule has 0 aromatic heterocycles. The molecule has 0 spiro atoms. The van der Waals surface area contributed by atoms with E-state index in [0.717, 1.165) is 0 Å². The minimum atomic E-state index is -1.96. The van der Waals surface area contributed by atoms with Crippen molar-refractivity contribution in [3.63, 3.8) is 0 Å². The van der Waals surface area contributed by atoms with Crippen molar-refractivity contribution < 1.29 is 33.7 Å². The highest BCUT2D eigenvalue weighted by atomic mass is 35.5. The Kier molecular flexibility index (Phi) is 10.9. The number of likely N-dealkylation sites (tertiary alicyclic amines) is 1. The maximum Gasteiger partial charge on any atom is 0.412 e. The number of hydrogen-bond acceptors (Lipinski definition) is 8. The Morgan fingerprint density at radius 3 is 1.86 bits per heavy atom. The summed E-state index contributed by atoms with van der Waals surface area (Å²) in [6.45, 7) is 5.59. The number of nitrogens with zero attached hydrogens (tertiary/aromatic N) is 1. The third-order valence-electron chi connectivity index (χ3n) is 6.19. The van der Waals surface area contributed by atoms with Gasteiger partial charge in [-0.2, -0.15) is 0 Å². The normalized spacial score (nSPS) is 15.8. The van der Waals surface area contributed by atoms with Crippen molar-refractivity contribution >= 4 is 30.4 Å². The Bertz CT molecular complexity index is 988. The van der Waals surface area contributed by atoms with Crippen molar-refractivity contribution in [1.29, 1.82) is 0 Å². The van der Waals surface area contributed by atoms with Gasteiger partial charge in [-0.15, -0.1) is 12.4 Å². The molecule has 1 saturated heterocycles. The molecule has 2 aromatic rings. The molecule has 3 N–H and O–H groups in total. The zero-order valence-corrected chi connectivity index (χ0v) is 22.1. The van der Waals surface area contributed by atoms with Crippen molar-refractivity contribution in [2.45, 2.75) is 57.6 Å². The van der Waals surface area contributed by atoms with E-state index in [4.69, 9.17) is 19.9 Å². The van der Waals surface area contributed by atoms with Gasteiger partial charge < -0.3 is 30.0 Å². The van der Waals surface area contributed by atoms with Gasteiger partial charge in [0.1, 0.15) is 12.1 Å². The molecule has 1 unspecified atom stereocenters. The van der Waals surface area contributed by atoms with Gasteiger partial charge in [0.05, 0.1) is 0 Å². The molecule has 0 bridgehead atoms.